The minimum absolute atomic E-state index is 0.0307. The first-order valence-electron chi connectivity index (χ1n) is 19.7. The second-order valence-electron chi connectivity index (χ2n) is 16.1. The second-order valence-corrected chi connectivity index (χ2v) is 17.0. The molecule has 4 aromatic rings. The van der Waals surface area contributed by atoms with E-state index >= 15 is 0 Å². The summed E-state index contributed by atoms with van der Waals surface area (Å²) in [4.78, 5) is 79.0. The normalized spacial score (nSPS) is 24.3. The van der Waals surface area contributed by atoms with Gasteiger partial charge in [0.05, 0.1) is 28.9 Å². The molecule has 15 heteroatoms. The number of carbonyl (C=O) groups excluding carboxylic acids is 4. The van der Waals surface area contributed by atoms with Crippen LogP contribution in [0.25, 0.3) is 21.6 Å². The maximum atomic E-state index is 14.5. The van der Waals surface area contributed by atoms with Crippen molar-refractivity contribution < 1.29 is 38.6 Å². The molecule has 1 aliphatic carbocycles. The van der Waals surface area contributed by atoms with Gasteiger partial charge in [-0.15, -0.1) is 11.3 Å². The summed E-state index contributed by atoms with van der Waals surface area (Å²) in [6, 6.07) is 16.3. The van der Waals surface area contributed by atoms with Crippen LogP contribution in [0.3, 0.4) is 0 Å². The van der Waals surface area contributed by atoms with Gasteiger partial charge in [0.1, 0.15) is 35.0 Å². The van der Waals surface area contributed by atoms with Gasteiger partial charge in [0.2, 0.25) is 23.6 Å². The number of rotatable bonds is 8. The number of amides is 4. The molecule has 58 heavy (non-hydrogen) atoms. The number of hydrogen-bond donors (Lipinski definition) is 4. The Morgan fingerprint density at radius 3 is 2.57 bits per heavy atom. The van der Waals surface area contributed by atoms with Crippen molar-refractivity contribution in [2.75, 3.05) is 11.9 Å². The number of nitrogens with zero attached hydrogens (tertiary/aromatic N) is 3. The lowest BCUT2D eigenvalue weighted by atomic mass is 10.0. The number of carbonyl (C=O) groups is 5. The van der Waals surface area contributed by atoms with E-state index in [-0.39, 0.29) is 43.5 Å². The molecule has 0 radical (unpaired) electrons. The van der Waals surface area contributed by atoms with Crippen LogP contribution < -0.4 is 20.7 Å². The average Bonchev–Trinajstić information content (AvgIpc) is 3.46. The van der Waals surface area contributed by atoms with Gasteiger partial charge in [-0.25, -0.2) is 19.6 Å². The molecule has 4 N–H and O–H groups in total. The minimum atomic E-state index is -1.48. The summed E-state index contributed by atoms with van der Waals surface area (Å²) in [5.41, 5.74) is 0.614. The fraction of sp³-hybridized carbons (Fsp3) is 0.419. The first kappa shape index (κ1) is 40.4. The Kier molecular flexibility index (Phi) is 11.8. The van der Waals surface area contributed by atoms with Crippen LogP contribution in [0.5, 0.6) is 5.88 Å². The number of anilines is 1. The predicted molar refractivity (Wildman–Crippen MR) is 218 cm³/mol. The average molecular weight is 809 g/mol. The number of fused-ring (bicyclic) bond motifs is 3. The SMILES string of the molecule is CC(C)(C)OC(=O)N[C@H]1CCCCC/C=C\C2CC2(C(=O)O)NC(=O)C2C[C@@H](Oc3nc4ccc(NC(=O)Cc5ccccc5)cc4nc3-c3cccs3)CN2C1=O. The molecular weight excluding hydrogens is 761 g/mol. The zero-order chi connectivity index (χ0) is 41.0. The van der Waals surface area contributed by atoms with Crippen molar-refractivity contribution in [3.63, 3.8) is 0 Å². The summed E-state index contributed by atoms with van der Waals surface area (Å²) >= 11 is 1.44. The number of alkyl carbamates (subject to hydrolysis) is 1. The lowest BCUT2D eigenvalue weighted by Gasteiger charge is -2.30. The molecule has 3 unspecified atom stereocenters. The number of allylic oxidation sites excluding steroid dienone is 1. The Labute approximate surface area is 340 Å². The fourth-order valence-electron chi connectivity index (χ4n) is 7.51. The Hall–Kier alpha value is -5.83. The first-order chi connectivity index (χ1) is 27.8. The Morgan fingerprint density at radius 1 is 1.02 bits per heavy atom. The quantitative estimate of drug-likeness (QED) is 0.148. The zero-order valence-corrected chi connectivity index (χ0v) is 33.6. The van der Waals surface area contributed by atoms with Crippen LogP contribution in [0.15, 0.2) is 78.2 Å². The molecule has 5 atom stereocenters. The summed E-state index contributed by atoms with van der Waals surface area (Å²) < 4.78 is 12.1. The first-order valence-corrected chi connectivity index (χ1v) is 20.5. The standard InChI is InChI=1S/C43H48N6O8S/c1-42(2,3)57-41(55)47-31-16-11-6-4-5-10-15-27-24-43(27,40(53)54)48-37(51)33-23-29(25-49(33)39(31)52)56-38-36(34-17-12-20-58-34)45-32-22-28(18-19-30(32)46-38)44-35(50)21-26-13-8-7-9-14-26/h7-10,12-15,17-20,22,27,29,31,33H,4-6,11,16,21,23-25H2,1-3H3,(H,44,50)(H,47,55)(H,48,51)(H,53,54)/b15-10-/t27?,29-,31+,33?,43?/m1/s1. The molecule has 3 aliphatic rings. The van der Waals surface area contributed by atoms with E-state index in [0.29, 0.717) is 35.3 Å². The number of benzene rings is 2. The number of hydrogen-bond acceptors (Lipinski definition) is 10. The number of aromatic nitrogens is 2. The van der Waals surface area contributed by atoms with Gasteiger partial charge in [0.25, 0.3) is 0 Å². The molecule has 4 heterocycles. The van der Waals surface area contributed by atoms with Gasteiger partial charge in [-0.3, -0.25) is 14.4 Å². The van der Waals surface area contributed by atoms with Crippen LogP contribution in [0, 0.1) is 5.92 Å². The number of aliphatic carboxylic acids is 1. The highest BCUT2D eigenvalue weighted by Gasteiger charge is 2.61. The molecular formula is C43H48N6O8S. The molecule has 304 valence electrons. The monoisotopic (exact) mass is 808 g/mol. The van der Waals surface area contributed by atoms with Gasteiger partial charge in [0, 0.05) is 18.0 Å². The number of thiophene rings is 1. The van der Waals surface area contributed by atoms with Crippen molar-refractivity contribution >= 4 is 57.8 Å². The van der Waals surface area contributed by atoms with Gasteiger partial charge >= 0.3 is 12.1 Å². The van der Waals surface area contributed by atoms with E-state index in [1.54, 1.807) is 39.0 Å². The van der Waals surface area contributed by atoms with Crippen molar-refractivity contribution in [2.24, 2.45) is 5.92 Å². The van der Waals surface area contributed by atoms with Crippen LogP contribution in [0.4, 0.5) is 10.5 Å². The number of carboxylic acids is 1. The second kappa shape index (κ2) is 16.9. The highest BCUT2D eigenvalue weighted by molar-refractivity contribution is 7.13. The van der Waals surface area contributed by atoms with Gasteiger partial charge in [-0.05, 0) is 81.7 Å². The van der Waals surface area contributed by atoms with E-state index in [4.69, 9.17) is 19.4 Å². The maximum absolute atomic E-state index is 14.5. The van der Waals surface area contributed by atoms with Crippen molar-refractivity contribution in [1.82, 2.24) is 25.5 Å². The smallest absolute Gasteiger partial charge is 0.408 e. The third kappa shape index (κ3) is 9.47. The minimum Gasteiger partial charge on any atom is -0.479 e. The molecule has 0 bridgehead atoms. The summed E-state index contributed by atoms with van der Waals surface area (Å²) in [6.07, 6.45) is 6.04. The van der Waals surface area contributed by atoms with E-state index in [2.05, 4.69) is 16.0 Å². The van der Waals surface area contributed by atoms with Crippen molar-refractivity contribution in [3.05, 3.63) is 83.8 Å². The van der Waals surface area contributed by atoms with Crippen LogP contribution in [-0.2, 0) is 30.3 Å². The largest absolute Gasteiger partial charge is 0.479 e. The molecule has 1 saturated heterocycles. The molecule has 14 nitrogen and oxygen atoms in total. The number of nitrogens with one attached hydrogen (secondary N) is 3. The van der Waals surface area contributed by atoms with Gasteiger partial charge in [-0.2, -0.15) is 0 Å². The van der Waals surface area contributed by atoms with E-state index < -0.39 is 53.2 Å². The summed E-state index contributed by atoms with van der Waals surface area (Å²) in [5, 5.41) is 20.6. The Bertz CT molecular complexity index is 2210. The molecule has 0 spiro atoms. The van der Waals surface area contributed by atoms with E-state index in [9.17, 15) is 29.1 Å². The molecule has 7 rings (SSSR count). The fourth-order valence-corrected chi connectivity index (χ4v) is 8.22. The van der Waals surface area contributed by atoms with E-state index in [1.807, 2.05) is 60.0 Å². The summed E-state index contributed by atoms with van der Waals surface area (Å²) in [6.45, 7) is 5.15. The van der Waals surface area contributed by atoms with Crippen LogP contribution in [0.1, 0.15) is 71.3 Å². The lowest BCUT2D eigenvalue weighted by molar-refractivity contribution is -0.145. The Morgan fingerprint density at radius 2 is 1.83 bits per heavy atom. The molecule has 4 amide bonds. The van der Waals surface area contributed by atoms with Gasteiger partial charge in [0.15, 0.2) is 0 Å². The lowest BCUT2D eigenvalue weighted by Crippen LogP contribution is -2.56. The highest BCUT2D eigenvalue weighted by atomic mass is 32.1. The highest BCUT2D eigenvalue weighted by Crippen LogP contribution is 2.45. The molecule has 2 fully saturated rings. The summed E-state index contributed by atoms with van der Waals surface area (Å²) in [7, 11) is 0. The zero-order valence-electron chi connectivity index (χ0n) is 32.7. The molecule has 2 aromatic heterocycles. The van der Waals surface area contributed by atoms with Gasteiger partial charge < -0.3 is 35.4 Å². The molecule has 2 aromatic carbocycles. The van der Waals surface area contributed by atoms with Crippen molar-refractivity contribution in [1.29, 1.82) is 0 Å². The summed E-state index contributed by atoms with van der Waals surface area (Å²) in [5.74, 6) is -2.61. The molecule has 2 aliphatic heterocycles. The van der Waals surface area contributed by atoms with Crippen molar-refractivity contribution in [2.45, 2.75) is 101 Å². The molecule has 1 saturated carbocycles. The predicted octanol–water partition coefficient (Wildman–Crippen LogP) is 6.26. The van der Waals surface area contributed by atoms with Crippen LogP contribution >= 0.6 is 11.3 Å². The maximum Gasteiger partial charge on any atom is 0.408 e. The number of carboxylic acid groups (broad SMARTS) is 1. The van der Waals surface area contributed by atoms with Crippen molar-refractivity contribution in [3.8, 4) is 16.5 Å². The third-order valence-corrected chi connectivity index (χ3v) is 11.3. The Balaban J connectivity index is 1.17. The van der Waals surface area contributed by atoms with Crippen LogP contribution in [0.2, 0.25) is 0 Å². The third-order valence-electron chi connectivity index (χ3n) is 10.5. The van der Waals surface area contributed by atoms with Crippen LogP contribution in [-0.4, -0.2) is 85.6 Å². The topological polar surface area (TPSA) is 189 Å². The van der Waals surface area contributed by atoms with Gasteiger partial charge in [-0.1, -0.05) is 61.4 Å². The number of ether oxygens (including phenoxy) is 2. The van der Waals surface area contributed by atoms with E-state index in [1.165, 1.54) is 16.2 Å². The van der Waals surface area contributed by atoms with E-state index in [0.717, 1.165) is 29.7 Å².